The Balaban J connectivity index is 1.72. The van der Waals surface area contributed by atoms with Crippen LogP contribution in [0.25, 0.3) is 0 Å². The minimum Gasteiger partial charge on any atom is -0.381 e. The van der Waals surface area contributed by atoms with Crippen molar-refractivity contribution in [2.45, 2.75) is 31.4 Å². The van der Waals surface area contributed by atoms with Crippen molar-refractivity contribution in [1.29, 1.82) is 0 Å². The third-order valence-corrected chi connectivity index (χ3v) is 3.85. The van der Waals surface area contributed by atoms with Gasteiger partial charge in [0.25, 0.3) is 0 Å². The normalized spacial score (nSPS) is 19.9. The number of likely N-dealkylation sites (tertiary alicyclic amines) is 1. The first-order chi connectivity index (χ1) is 8.79. The quantitative estimate of drug-likeness (QED) is 0.868. The highest BCUT2D eigenvalue weighted by Gasteiger charge is 2.18. The van der Waals surface area contributed by atoms with Gasteiger partial charge >= 0.3 is 0 Å². The molecule has 1 aromatic carbocycles. The molecule has 3 heteroatoms. The highest BCUT2D eigenvalue weighted by atomic mass is 16.5. The molecule has 0 aliphatic carbocycles. The number of hydrogen-bond acceptors (Lipinski definition) is 3. The second-order valence-electron chi connectivity index (χ2n) is 5.08. The molecule has 2 rings (SSSR count). The molecule has 0 amide bonds. The van der Waals surface area contributed by atoms with Crippen molar-refractivity contribution in [2.24, 2.45) is 5.73 Å². The van der Waals surface area contributed by atoms with Gasteiger partial charge in [-0.2, -0.15) is 0 Å². The zero-order valence-electron chi connectivity index (χ0n) is 11.2. The highest BCUT2D eigenvalue weighted by molar-refractivity contribution is 5.18. The van der Waals surface area contributed by atoms with Crippen LogP contribution >= 0.6 is 0 Å². The van der Waals surface area contributed by atoms with Gasteiger partial charge in [-0.1, -0.05) is 30.3 Å². The fourth-order valence-corrected chi connectivity index (χ4v) is 2.56. The molecule has 1 atom stereocenters. The number of benzene rings is 1. The van der Waals surface area contributed by atoms with Crippen molar-refractivity contribution >= 4 is 0 Å². The Kier molecular flexibility index (Phi) is 5.17. The lowest BCUT2D eigenvalue weighted by molar-refractivity contribution is 0.0404. The molecule has 2 N–H and O–H groups in total. The van der Waals surface area contributed by atoms with E-state index in [2.05, 4.69) is 29.2 Å². The number of rotatable bonds is 5. The standard InChI is InChI=1S/C15H24N2O/c1-18-14-7-10-17(11-8-14)12-9-15(16)13-5-3-2-4-6-13/h2-6,14-15H,7-12,16H2,1H3. The van der Waals surface area contributed by atoms with Crippen molar-refractivity contribution < 1.29 is 4.74 Å². The van der Waals surface area contributed by atoms with Crippen molar-refractivity contribution in [3.8, 4) is 0 Å². The summed E-state index contributed by atoms with van der Waals surface area (Å²) < 4.78 is 5.38. The van der Waals surface area contributed by atoms with Gasteiger partial charge < -0.3 is 15.4 Å². The Morgan fingerprint density at radius 3 is 2.56 bits per heavy atom. The van der Waals surface area contributed by atoms with Crippen molar-refractivity contribution in [3.63, 3.8) is 0 Å². The number of nitrogens with zero attached hydrogens (tertiary/aromatic N) is 1. The fourth-order valence-electron chi connectivity index (χ4n) is 2.56. The van der Waals surface area contributed by atoms with Crippen LogP contribution in [0.1, 0.15) is 30.9 Å². The zero-order chi connectivity index (χ0) is 12.8. The Morgan fingerprint density at radius 1 is 1.28 bits per heavy atom. The molecule has 0 saturated carbocycles. The maximum absolute atomic E-state index is 6.21. The van der Waals surface area contributed by atoms with Gasteiger partial charge in [-0.05, 0) is 31.4 Å². The Labute approximate surface area is 110 Å². The molecule has 0 spiro atoms. The summed E-state index contributed by atoms with van der Waals surface area (Å²) in [5.41, 5.74) is 7.45. The number of hydrogen-bond donors (Lipinski definition) is 1. The maximum atomic E-state index is 6.21. The first-order valence-electron chi connectivity index (χ1n) is 6.85. The summed E-state index contributed by atoms with van der Waals surface area (Å²) in [5, 5.41) is 0. The number of ether oxygens (including phenoxy) is 1. The Hall–Kier alpha value is -0.900. The predicted molar refractivity (Wildman–Crippen MR) is 74.5 cm³/mol. The van der Waals surface area contributed by atoms with Crippen LogP contribution in [-0.2, 0) is 4.74 Å². The molecular weight excluding hydrogens is 224 g/mol. The van der Waals surface area contributed by atoms with E-state index in [4.69, 9.17) is 10.5 Å². The van der Waals surface area contributed by atoms with E-state index in [1.165, 1.54) is 5.56 Å². The van der Waals surface area contributed by atoms with Gasteiger partial charge in [-0.25, -0.2) is 0 Å². The summed E-state index contributed by atoms with van der Waals surface area (Å²) in [7, 11) is 1.81. The van der Waals surface area contributed by atoms with E-state index in [1.807, 2.05) is 13.2 Å². The van der Waals surface area contributed by atoms with Crippen LogP contribution < -0.4 is 5.73 Å². The minimum atomic E-state index is 0.159. The molecule has 1 aliphatic rings. The monoisotopic (exact) mass is 248 g/mol. The molecule has 100 valence electrons. The molecule has 1 fully saturated rings. The smallest absolute Gasteiger partial charge is 0.0595 e. The SMILES string of the molecule is COC1CCN(CCC(N)c2ccccc2)CC1. The van der Waals surface area contributed by atoms with E-state index in [9.17, 15) is 0 Å². The van der Waals surface area contributed by atoms with Crippen LogP contribution in [0.2, 0.25) is 0 Å². The average molecular weight is 248 g/mol. The van der Waals surface area contributed by atoms with Crippen LogP contribution in [0.4, 0.5) is 0 Å². The zero-order valence-corrected chi connectivity index (χ0v) is 11.2. The molecule has 0 aromatic heterocycles. The van der Waals surface area contributed by atoms with E-state index in [0.717, 1.165) is 38.9 Å². The fraction of sp³-hybridized carbons (Fsp3) is 0.600. The van der Waals surface area contributed by atoms with Crippen LogP contribution in [0.5, 0.6) is 0 Å². The van der Waals surface area contributed by atoms with Gasteiger partial charge in [0.05, 0.1) is 6.10 Å². The van der Waals surface area contributed by atoms with Gasteiger partial charge in [0, 0.05) is 26.2 Å². The molecule has 1 aliphatic heterocycles. The number of nitrogens with two attached hydrogens (primary N) is 1. The molecule has 1 heterocycles. The molecule has 1 aromatic rings. The van der Waals surface area contributed by atoms with E-state index in [-0.39, 0.29) is 6.04 Å². The second-order valence-corrected chi connectivity index (χ2v) is 5.08. The topological polar surface area (TPSA) is 38.5 Å². The molecule has 0 bridgehead atoms. The summed E-state index contributed by atoms with van der Waals surface area (Å²) in [6.45, 7) is 3.37. The van der Waals surface area contributed by atoms with E-state index < -0.39 is 0 Å². The maximum Gasteiger partial charge on any atom is 0.0595 e. The predicted octanol–water partition coefficient (Wildman–Crippen LogP) is 2.19. The van der Waals surface area contributed by atoms with Crippen molar-refractivity contribution in [2.75, 3.05) is 26.7 Å². The van der Waals surface area contributed by atoms with Crippen LogP contribution in [0, 0.1) is 0 Å². The highest BCUT2D eigenvalue weighted by Crippen LogP contribution is 2.17. The largest absolute Gasteiger partial charge is 0.381 e. The first-order valence-corrected chi connectivity index (χ1v) is 6.85. The van der Waals surface area contributed by atoms with Crippen molar-refractivity contribution in [3.05, 3.63) is 35.9 Å². The molecule has 3 nitrogen and oxygen atoms in total. The van der Waals surface area contributed by atoms with Gasteiger partial charge in [0.2, 0.25) is 0 Å². The molecule has 18 heavy (non-hydrogen) atoms. The van der Waals surface area contributed by atoms with E-state index in [0.29, 0.717) is 6.10 Å². The number of piperidine rings is 1. The average Bonchev–Trinajstić information content (AvgIpc) is 2.46. The van der Waals surface area contributed by atoms with Gasteiger partial charge in [0.1, 0.15) is 0 Å². The van der Waals surface area contributed by atoms with Crippen LogP contribution in [0.15, 0.2) is 30.3 Å². The third kappa shape index (κ3) is 3.80. The van der Waals surface area contributed by atoms with E-state index >= 15 is 0 Å². The summed E-state index contributed by atoms with van der Waals surface area (Å²) in [6.07, 6.45) is 3.79. The van der Waals surface area contributed by atoms with Crippen molar-refractivity contribution in [1.82, 2.24) is 4.90 Å². The first kappa shape index (κ1) is 13.5. The van der Waals surface area contributed by atoms with Crippen LogP contribution in [-0.4, -0.2) is 37.7 Å². The molecule has 0 radical (unpaired) electrons. The van der Waals surface area contributed by atoms with Gasteiger partial charge in [0.15, 0.2) is 0 Å². The lowest BCUT2D eigenvalue weighted by atomic mass is 10.0. The molecule has 1 saturated heterocycles. The van der Waals surface area contributed by atoms with E-state index in [1.54, 1.807) is 0 Å². The van der Waals surface area contributed by atoms with Crippen LogP contribution in [0.3, 0.4) is 0 Å². The Bertz CT molecular complexity index is 334. The molecular formula is C15H24N2O. The molecule has 1 unspecified atom stereocenters. The third-order valence-electron chi connectivity index (χ3n) is 3.85. The summed E-state index contributed by atoms with van der Waals surface area (Å²) in [5.74, 6) is 0. The Morgan fingerprint density at radius 2 is 1.94 bits per heavy atom. The summed E-state index contributed by atoms with van der Waals surface area (Å²) >= 11 is 0. The van der Waals surface area contributed by atoms with Gasteiger partial charge in [-0.15, -0.1) is 0 Å². The lowest BCUT2D eigenvalue weighted by Crippen LogP contribution is -2.38. The van der Waals surface area contributed by atoms with Gasteiger partial charge in [-0.3, -0.25) is 0 Å². The number of methoxy groups -OCH3 is 1. The lowest BCUT2D eigenvalue weighted by Gasteiger charge is -2.31. The minimum absolute atomic E-state index is 0.159. The summed E-state index contributed by atoms with van der Waals surface area (Å²) in [6, 6.07) is 10.5. The second kappa shape index (κ2) is 6.88. The summed E-state index contributed by atoms with van der Waals surface area (Å²) in [4.78, 5) is 2.50.